The third kappa shape index (κ3) is 6.18. The average Bonchev–Trinajstić information content (AvgIpc) is 3.31. The molecule has 168 valence electrons. The maximum absolute atomic E-state index is 13.1. The van der Waals surface area contributed by atoms with Gasteiger partial charge in [0.25, 0.3) is 0 Å². The van der Waals surface area contributed by atoms with Crippen molar-refractivity contribution in [3.8, 4) is 0 Å². The summed E-state index contributed by atoms with van der Waals surface area (Å²) in [6, 6.07) is 18.4. The van der Waals surface area contributed by atoms with Gasteiger partial charge in [-0.05, 0) is 47.7 Å². The molecule has 0 aliphatic heterocycles. The highest BCUT2D eigenvalue weighted by molar-refractivity contribution is 7.92. The van der Waals surface area contributed by atoms with E-state index >= 15 is 0 Å². The predicted octanol–water partition coefficient (Wildman–Crippen LogP) is 4.85. The molecule has 1 heterocycles. The molecule has 0 bridgehead atoms. The predicted molar refractivity (Wildman–Crippen MR) is 127 cm³/mol. The van der Waals surface area contributed by atoms with Crippen LogP contribution >= 0.6 is 0 Å². The number of carbonyl (C=O) groups is 1. The molecular formula is C25H28N2O4S. The van der Waals surface area contributed by atoms with Gasteiger partial charge in [0.2, 0.25) is 15.9 Å². The number of para-hydroxylation sites is 1. The number of rotatable bonds is 10. The first-order valence-corrected chi connectivity index (χ1v) is 12.1. The van der Waals surface area contributed by atoms with Gasteiger partial charge in [0.15, 0.2) is 0 Å². The van der Waals surface area contributed by atoms with Crippen molar-refractivity contribution in [1.82, 2.24) is 4.31 Å². The normalized spacial score (nSPS) is 11.8. The van der Waals surface area contributed by atoms with Crippen LogP contribution in [0.2, 0.25) is 0 Å². The maximum atomic E-state index is 13.1. The Kier molecular flexibility index (Phi) is 8.03. The first kappa shape index (κ1) is 23.5. The van der Waals surface area contributed by atoms with E-state index in [2.05, 4.69) is 5.32 Å². The Balaban J connectivity index is 1.83. The number of aryl methyl sites for hydroxylation is 2. The number of furan rings is 1. The van der Waals surface area contributed by atoms with Crippen molar-refractivity contribution in [2.75, 3.05) is 11.9 Å². The molecule has 0 saturated heterocycles. The van der Waals surface area contributed by atoms with Crippen LogP contribution in [0.5, 0.6) is 0 Å². The quantitative estimate of drug-likeness (QED) is 0.477. The van der Waals surface area contributed by atoms with Gasteiger partial charge in [0, 0.05) is 11.1 Å². The second kappa shape index (κ2) is 10.9. The maximum Gasteiger partial charge on any atom is 0.239 e. The summed E-state index contributed by atoms with van der Waals surface area (Å²) in [4.78, 5) is 12.9. The van der Waals surface area contributed by atoms with Crippen LogP contribution in [0, 0.1) is 0 Å². The molecule has 3 rings (SSSR count). The molecule has 0 spiro atoms. The highest BCUT2D eigenvalue weighted by atomic mass is 32.2. The zero-order chi connectivity index (χ0) is 23.0. The Morgan fingerprint density at radius 3 is 2.25 bits per heavy atom. The summed E-state index contributed by atoms with van der Waals surface area (Å²) >= 11 is 0. The molecule has 0 fully saturated rings. The Morgan fingerprint density at radius 1 is 0.969 bits per heavy atom. The van der Waals surface area contributed by atoms with Crippen molar-refractivity contribution in [1.29, 1.82) is 0 Å². The van der Waals surface area contributed by atoms with Crippen LogP contribution in [0.4, 0.5) is 5.69 Å². The molecule has 2 aromatic carbocycles. The zero-order valence-corrected chi connectivity index (χ0v) is 19.1. The number of amides is 1. The van der Waals surface area contributed by atoms with Crippen molar-refractivity contribution in [2.45, 2.75) is 33.2 Å². The zero-order valence-electron chi connectivity index (χ0n) is 18.3. The number of sulfonamides is 1. The number of nitrogens with zero attached hydrogens (tertiary/aromatic N) is 1. The lowest BCUT2D eigenvalue weighted by Crippen LogP contribution is -2.36. The van der Waals surface area contributed by atoms with Gasteiger partial charge in [-0.15, -0.1) is 0 Å². The van der Waals surface area contributed by atoms with E-state index in [1.165, 1.54) is 12.3 Å². The summed E-state index contributed by atoms with van der Waals surface area (Å²) in [5, 5.41) is 4.06. The number of hydrogen-bond acceptors (Lipinski definition) is 4. The summed E-state index contributed by atoms with van der Waals surface area (Å²) in [7, 11) is -3.88. The third-order valence-corrected chi connectivity index (χ3v) is 6.55. The highest BCUT2D eigenvalue weighted by Gasteiger charge is 2.24. The molecule has 0 saturated carbocycles. The number of nitrogens with one attached hydrogen (secondary N) is 1. The lowest BCUT2D eigenvalue weighted by Gasteiger charge is -2.20. The Morgan fingerprint density at radius 2 is 1.66 bits per heavy atom. The highest BCUT2D eigenvalue weighted by Crippen LogP contribution is 2.23. The van der Waals surface area contributed by atoms with Crippen LogP contribution in [-0.4, -0.2) is 25.2 Å². The third-order valence-electron chi connectivity index (χ3n) is 5.09. The van der Waals surface area contributed by atoms with Crippen LogP contribution in [0.1, 0.15) is 36.3 Å². The van der Waals surface area contributed by atoms with E-state index in [4.69, 9.17) is 4.42 Å². The molecule has 0 radical (unpaired) electrons. The molecule has 1 aromatic heterocycles. The number of hydrogen-bond donors (Lipinski definition) is 1. The summed E-state index contributed by atoms with van der Waals surface area (Å²) in [6.07, 6.45) is 4.52. The minimum atomic E-state index is -3.88. The van der Waals surface area contributed by atoms with Gasteiger partial charge in [-0.25, -0.2) is 8.42 Å². The minimum absolute atomic E-state index is 0.0437. The first-order valence-electron chi connectivity index (χ1n) is 10.6. The molecule has 0 aliphatic rings. The molecule has 3 aromatic rings. The number of benzene rings is 2. The molecule has 0 unspecified atom stereocenters. The molecule has 32 heavy (non-hydrogen) atoms. The van der Waals surface area contributed by atoms with Crippen molar-refractivity contribution >= 4 is 27.7 Å². The van der Waals surface area contributed by atoms with Crippen LogP contribution < -0.4 is 5.32 Å². The van der Waals surface area contributed by atoms with Gasteiger partial charge in [0.05, 0.1) is 19.4 Å². The standard InChI is InChI=1S/C25H28N2O4S/c1-3-21-12-8-13-22(4-2)25(21)26-24(28)19-27(18-23-14-9-16-31-23)32(29,30)17-15-20-10-6-5-7-11-20/h5-17H,3-4,18-19H2,1-2H3,(H,26,28)/b17-15+. The van der Waals surface area contributed by atoms with E-state index in [0.717, 1.165) is 44.9 Å². The van der Waals surface area contributed by atoms with Crippen LogP contribution in [0.3, 0.4) is 0 Å². The van der Waals surface area contributed by atoms with Crippen molar-refractivity contribution < 1.29 is 17.6 Å². The first-order chi connectivity index (χ1) is 15.4. The fourth-order valence-corrected chi connectivity index (χ4v) is 4.47. The second-order valence-corrected chi connectivity index (χ2v) is 9.13. The molecule has 1 amide bonds. The van der Waals surface area contributed by atoms with E-state index in [0.29, 0.717) is 5.76 Å². The second-order valence-electron chi connectivity index (χ2n) is 7.31. The Hall–Kier alpha value is -3.16. The summed E-state index contributed by atoms with van der Waals surface area (Å²) in [5.74, 6) is 0.0570. The molecule has 7 heteroatoms. The van der Waals surface area contributed by atoms with Crippen molar-refractivity contribution in [2.24, 2.45) is 0 Å². The van der Waals surface area contributed by atoms with Gasteiger partial charge in [0.1, 0.15) is 5.76 Å². The fourth-order valence-electron chi connectivity index (χ4n) is 3.37. The molecule has 1 N–H and O–H groups in total. The van der Waals surface area contributed by atoms with Crippen molar-refractivity contribution in [3.63, 3.8) is 0 Å². The number of anilines is 1. The van der Waals surface area contributed by atoms with E-state index < -0.39 is 15.9 Å². The Bertz CT molecular complexity index is 1130. The van der Waals surface area contributed by atoms with Crippen LogP contribution in [0.15, 0.2) is 76.8 Å². The molecule has 6 nitrogen and oxygen atoms in total. The van der Waals surface area contributed by atoms with Gasteiger partial charge in [-0.1, -0.05) is 62.4 Å². The van der Waals surface area contributed by atoms with Gasteiger partial charge < -0.3 is 9.73 Å². The lowest BCUT2D eigenvalue weighted by molar-refractivity contribution is -0.116. The average molecular weight is 453 g/mol. The SMILES string of the molecule is CCc1cccc(CC)c1NC(=O)CN(Cc1ccco1)S(=O)(=O)/C=C/c1ccccc1. The molecule has 0 aliphatic carbocycles. The minimum Gasteiger partial charge on any atom is -0.468 e. The monoisotopic (exact) mass is 452 g/mol. The summed E-state index contributed by atoms with van der Waals surface area (Å²) in [5.41, 5.74) is 3.55. The molecule has 0 atom stereocenters. The smallest absolute Gasteiger partial charge is 0.239 e. The van der Waals surface area contributed by atoms with Crippen LogP contribution in [-0.2, 0) is 34.2 Å². The van der Waals surface area contributed by atoms with E-state index in [1.807, 2.05) is 62.4 Å². The Labute approximate surface area is 189 Å². The molecular weight excluding hydrogens is 424 g/mol. The van der Waals surface area contributed by atoms with E-state index in [9.17, 15) is 13.2 Å². The van der Waals surface area contributed by atoms with Crippen molar-refractivity contribution in [3.05, 3.63) is 94.8 Å². The largest absolute Gasteiger partial charge is 0.468 e. The number of carbonyl (C=O) groups excluding carboxylic acids is 1. The van der Waals surface area contributed by atoms with Gasteiger partial charge >= 0.3 is 0 Å². The van der Waals surface area contributed by atoms with E-state index in [-0.39, 0.29) is 13.1 Å². The topological polar surface area (TPSA) is 79.6 Å². The summed E-state index contributed by atoms with van der Waals surface area (Å²) < 4.78 is 32.6. The van der Waals surface area contributed by atoms with Crippen LogP contribution in [0.25, 0.3) is 6.08 Å². The van der Waals surface area contributed by atoms with Gasteiger partial charge in [-0.3, -0.25) is 4.79 Å². The summed E-state index contributed by atoms with van der Waals surface area (Å²) in [6.45, 7) is 3.67. The van der Waals surface area contributed by atoms with Gasteiger partial charge in [-0.2, -0.15) is 4.31 Å². The fraction of sp³-hybridized carbons (Fsp3) is 0.240. The lowest BCUT2D eigenvalue weighted by atomic mass is 10.0. The van der Waals surface area contributed by atoms with E-state index in [1.54, 1.807) is 12.1 Å².